The number of aliphatic hydroxyl groups excluding tert-OH is 1. The maximum atomic E-state index is 10.6. The van der Waals surface area contributed by atoms with E-state index < -0.39 is 0 Å². The van der Waals surface area contributed by atoms with Crippen molar-refractivity contribution in [2.45, 2.75) is 25.1 Å². The minimum atomic E-state index is -0.290. The van der Waals surface area contributed by atoms with E-state index in [1.165, 1.54) is 0 Å². The molecule has 0 unspecified atom stereocenters. The molecular weight excluding hydrogens is 346 g/mol. The predicted octanol–water partition coefficient (Wildman–Crippen LogP) is 1.05. The number of likely N-dealkylation sites (tertiary alicyclic amines) is 1. The Bertz CT molecular complexity index is 547. The molecule has 0 aromatic carbocycles. The third kappa shape index (κ3) is 4.20. The van der Waals surface area contributed by atoms with Crippen molar-refractivity contribution in [3.05, 3.63) is 10.0 Å². The second kappa shape index (κ2) is 7.85. The lowest BCUT2D eigenvalue weighted by atomic mass is 9.99. The first-order chi connectivity index (χ1) is 11.4. The molecule has 3 heterocycles. The first-order valence-corrected chi connectivity index (χ1v) is 9.79. The first kappa shape index (κ1) is 18.4. The Hall–Kier alpha value is -0.440. The SMILES string of the molecule is CN1CCN([C@@H]2CCN(Cc3sc(N(C)C)nc3Cl)C[C@H]2O)CC1. The van der Waals surface area contributed by atoms with Gasteiger partial charge in [0.25, 0.3) is 0 Å². The summed E-state index contributed by atoms with van der Waals surface area (Å²) in [6.45, 7) is 6.79. The fraction of sp³-hybridized carbons (Fsp3) is 0.812. The fourth-order valence-electron chi connectivity index (χ4n) is 3.52. The predicted molar refractivity (Wildman–Crippen MR) is 100 cm³/mol. The molecular formula is C16H28ClN5OS. The van der Waals surface area contributed by atoms with E-state index >= 15 is 0 Å². The molecule has 2 aliphatic rings. The number of piperidine rings is 1. The number of nitrogens with zero attached hydrogens (tertiary/aromatic N) is 5. The van der Waals surface area contributed by atoms with Gasteiger partial charge in [0.15, 0.2) is 5.13 Å². The Kier molecular flexibility index (Phi) is 6.00. The van der Waals surface area contributed by atoms with Gasteiger partial charge in [-0.2, -0.15) is 0 Å². The van der Waals surface area contributed by atoms with Crippen LogP contribution in [0.15, 0.2) is 0 Å². The number of hydrogen-bond acceptors (Lipinski definition) is 7. The second-order valence-electron chi connectivity index (χ2n) is 7.10. The lowest BCUT2D eigenvalue weighted by molar-refractivity contribution is -0.0284. The number of hydrogen-bond donors (Lipinski definition) is 1. The van der Waals surface area contributed by atoms with Crippen molar-refractivity contribution < 1.29 is 5.11 Å². The van der Waals surface area contributed by atoms with Crippen LogP contribution in [-0.4, -0.2) is 97.3 Å². The van der Waals surface area contributed by atoms with Crippen LogP contribution in [0.2, 0.25) is 5.15 Å². The number of aliphatic hydroxyl groups is 1. The molecule has 24 heavy (non-hydrogen) atoms. The molecule has 1 aromatic heterocycles. The van der Waals surface area contributed by atoms with Gasteiger partial charge in [-0.3, -0.25) is 9.80 Å². The molecule has 2 atom stereocenters. The van der Waals surface area contributed by atoms with Crippen LogP contribution in [0.5, 0.6) is 0 Å². The summed E-state index contributed by atoms with van der Waals surface area (Å²) in [6, 6.07) is 0.296. The molecule has 1 aromatic rings. The highest BCUT2D eigenvalue weighted by atomic mass is 35.5. The molecule has 2 aliphatic heterocycles. The summed E-state index contributed by atoms with van der Waals surface area (Å²) in [5.41, 5.74) is 0. The maximum absolute atomic E-state index is 10.6. The zero-order chi connectivity index (χ0) is 17.3. The number of rotatable bonds is 4. The Balaban J connectivity index is 1.55. The van der Waals surface area contributed by atoms with E-state index in [0.29, 0.717) is 17.7 Å². The van der Waals surface area contributed by atoms with Crippen molar-refractivity contribution in [2.75, 3.05) is 65.3 Å². The van der Waals surface area contributed by atoms with Crippen LogP contribution in [0.25, 0.3) is 0 Å². The van der Waals surface area contributed by atoms with E-state index in [0.717, 1.165) is 55.7 Å². The number of thiazole rings is 1. The Morgan fingerprint density at radius 1 is 1.25 bits per heavy atom. The topological polar surface area (TPSA) is 46.1 Å². The average Bonchev–Trinajstić information content (AvgIpc) is 2.90. The maximum Gasteiger partial charge on any atom is 0.186 e. The number of likely N-dealkylation sites (N-methyl/N-ethyl adjacent to an activating group) is 1. The van der Waals surface area contributed by atoms with Crippen molar-refractivity contribution in [2.24, 2.45) is 0 Å². The van der Waals surface area contributed by atoms with Gasteiger partial charge in [0.2, 0.25) is 0 Å². The van der Waals surface area contributed by atoms with E-state index in [9.17, 15) is 5.11 Å². The highest BCUT2D eigenvalue weighted by molar-refractivity contribution is 7.16. The van der Waals surface area contributed by atoms with E-state index in [1.807, 2.05) is 19.0 Å². The Morgan fingerprint density at radius 3 is 2.54 bits per heavy atom. The lowest BCUT2D eigenvalue weighted by Crippen LogP contribution is -2.58. The molecule has 0 radical (unpaired) electrons. The molecule has 136 valence electrons. The van der Waals surface area contributed by atoms with Crippen LogP contribution in [-0.2, 0) is 6.54 Å². The summed E-state index contributed by atoms with van der Waals surface area (Å²) in [5, 5.41) is 12.2. The van der Waals surface area contributed by atoms with Gasteiger partial charge in [-0.05, 0) is 13.5 Å². The van der Waals surface area contributed by atoms with Gasteiger partial charge in [0.05, 0.1) is 11.0 Å². The molecule has 0 amide bonds. The van der Waals surface area contributed by atoms with Crippen LogP contribution < -0.4 is 4.90 Å². The van der Waals surface area contributed by atoms with E-state index in [4.69, 9.17) is 11.6 Å². The highest BCUT2D eigenvalue weighted by Crippen LogP contribution is 2.30. The molecule has 8 heteroatoms. The van der Waals surface area contributed by atoms with Crippen molar-refractivity contribution in [1.82, 2.24) is 19.7 Å². The minimum Gasteiger partial charge on any atom is -0.390 e. The van der Waals surface area contributed by atoms with Crippen LogP contribution >= 0.6 is 22.9 Å². The third-order valence-corrected chi connectivity index (χ3v) is 6.66. The van der Waals surface area contributed by atoms with Crippen molar-refractivity contribution in [3.63, 3.8) is 0 Å². The number of piperazine rings is 1. The molecule has 2 saturated heterocycles. The highest BCUT2D eigenvalue weighted by Gasteiger charge is 2.33. The van der Waals surface area contributed by atoms with Gasteiger partial charge in [-0.15, -0.1) is 0 Å². The smallest absolute Gasteiger partial charge is 0.186 e. The third-order valence-electron chi connectivity index (χ3n) is 5.03. The molecule has 6 nitrogen and oxygen atoms in total. The summed E-state index contributed by atoms with van der Waals surface area (Å²) in [6.07, 6.45) is 0.726. The quantitative estimate of drug-likeness (QED) is 0.851. The van der Waals surface area contributed by atoms with Gasteiger partial charge >= 0.3 is 0 Å². The molecule has 0 spiro atoms. The van der Waals surface area contributed by atoms with E-state index in [2.05, 4.69) is 26.7 Å². The van der Waals surface area contributed by atoms with Crippen molar-refractivity contribution >= 4 is 28.1 Å². The second-order valence-corrected chi connectivity index (χ2v) is 8.52. The lowest BCUT2D eigenvalue weighted by Gasteiger charge is -2.44. The van der Waals surface area contributed by atoms with Gasteiger partial charge in [0.1, 0.15) is 5.15 Å². The van der Waals surface area contributed by atoms with Gasteiger partial charge < -0.3 is 14.9 Å². The molecule has 0 aliphatic carbocycles. The number of halogens is 1. The summed E-state index contributed by atoms with van der Waals surface area (Å²) in [5.74, 6) is 0. The Morgan fingerprint density at radius 2 is 1.96 bits per heavy atom. The largest absolute Gasteiger partial charge is 0.390 e. The fourth-order valence-corrected chi connectivity index (χ4v) is 4.74. The molecule has 2 fully saturated rings. The van der Waals surface area contributed by atoms with Gasteiger partial charge in [0, 0.05) is 66.0 Å². The molecule has 0 bridgehead atoms. The normalized spacial score (nSPS) is 27.5. The zero-order valence-corrected chi connectivity index (χ0v) is 16.4. The number of β-amino-alcohol motifs (C(OH)–C–C–N with tert-alkyl or cyclic N) is 1. The van der Waals surface area contributed by atoms with Crippen molar-refractivity contribution in [3.8, 4) is 0 Å². The van der Waals surface area contributed by atoms with Crippen molar-refractivity contribution in [1.29, 1.82) is 0 Å². The molecule has 1 N–H and O–H groups in total. The van der Waals surface area contributed by atoms with E-state index in [1.54, 1.807) is 11.3 Å². The number of anilines is 1. The average molecular weight is 374 g/mol. The van der Waals surface area contributed by atoms with Crippen LogP contribution in [0.3, 0.4) is 0 Å². The van der Waals surface area contributed by atoms with Gasteiger partial charge in [-0.1, -0.05) is 22.9 Å². The zero-order valence-electron chi connectivity index (χ0n) is 14.8. The standard InChI is InChI=1S/C16H28ClN5OS/c1-19(2)16-18-15(17)14(24-16)11-21-5-4-12(13(23)10-21)22-8-6-20(3)7-9-22/h12-13,23H,4-11H2,1-3H3/t12-,13-/m1/s1. The summed E-state index contributed by atoms with van der Waals surface area (Å²) >= 11 is 7.91. The first-order valence-electron chi connectivity index (χ1n) is 8.59. The van der Waals surface area contributed by atoms with E-state index in [-0.39, 0.29) is 6.10 Å². The molecule has 0 saturated carbocycles. The monoisotopic (exact) mass is 373 g/mol. The van der Waals surface area contributed by atoms with Crippen LogP contribution in [0, 0.1) is 0 Å². The summed E-state index contributed by atoms with van der Waals surface area (Å²) < 4.78 is 0. The molecule has 3 rings (SSSR count). The minimum absolute atomic E-state index is 0.290. The summed E-state index contributed by atoms with van der Waals surface area (Å²) in [4.78, 5) is 14.6. The van der Waals surface area contributed by atoms with Gasteiger partial charge in [-0.25, -0.2) is 4.98 Å². The summed E-state index contributed by atoms with van der Waals surface area (Å²) in [7, 11) is 6.12. The number of aromatic nitrogens is 1. The van der Waals surface area contributed by atoms with Crippen LogP contribution in [0.4, 0.5) is 5.13 Å². The Labute approximate surface area is 153 Å². The van der Waals surface area contributed by atoms with Crippen LogP contribution in [0.1, 0.15) is 11.3 Å².